The van der Waals surface area contributed by atoms with Crippen LogP contribution >= 0.6 is 23.2 Å². The molecule has 0 unspecified atom stereocenters. The maximum atomic E-state index is 13.3. The van der Waals surface area contributed by atoms with Gasteiger partial charge in [0, 0.05) is 0 Å². The monoisotopic (exact) mass is 458 g/mol. The average molecular weight is 459 g/mol. The Morgan fingerprint density at radius 1 is 1.11 bits per heavy atom. The van der Waals surface area contributed by atoms with E-state index in [0.29, 0.717) is 10.4 Å². The summed E-state index contributed by atoms with van der Waals surface area (Å²) in [5.74, 6) is -1.76. The number of hydrogen-bond acceptors (Lipinski definition) is 3. The van der Waals surface area contributed by atoms with Crippen LogP contribution < -0.4 is 9.62 Å². The van der Waals surface area contributed by atoms with Gasteiger partial charge in [-0.25, -0.2) is 12.8 Å². The van der Waals surface area contributed by atoms with Crippen molar-refractivity contribution in [3.05, 3.63) is 57.8 Å². The number of hydrogen-bond donors (Lipinski definition) is 1. The largest absolute Gasteiger partial charge is 0.416 e. The molecular weight excluding hydrogens is 447 g/mol. The predicted molar refractivity (Wildman–Crippen MR) is 98.7 cm³/mol. The fraction of sp³-hybridized carbons (Fsp3) is 0.188. The minimum atomic E-state index is -4.66. The summed E-state index contributed by atoms with van der Waals surface area (Å²) in [6.45, 7) is -0.798. The summed E-state index contributed by atoms with van der Waals surface area (Å²) < 4.78 is 76.4. The SMILES string of the molecule is CS(=O)(=O)N(CC(=O)Nc1cc(C(F)(F)F)ccc1Cl)c1ccc(F)c(Cl)c1. The number of anilines is 2. The number of benzene rings is 2. The van der Waals surface area contributed by atoms with Crippen LogP contribution in [0.4, 0.5) is 28.9 Å². The van der Waals surface area contributed by atoms with E-state index in [2.05, 4.69) is 5.32 Å². The minimum Gasteiger partial charge on any atom is -0.323 e. The number of rotatable bonds is 5. The van der Waals surface area contributed by atoms with E-state index in [1.807, 2.05) is 0 Å². The molecule has 0 aromatic heterocycles. The van der Waals surface area contributed by atoms with Gasteiger partial charge < -0.3 is 5.32 Å². The van der Waals surface area contributed by atoms with Crippen molar-refractivity contribution in [2.75, 3.05) is 22.4 Å². The predicted octanol–water partition coefficient (Wildman–Crippen LogP) is 4.56. The van der Waals surface area contributed by atoms with Crippen LogP contribution in [-0.2, 0) is 21.0 Å². The maximum absolute atomic E-state index is 13.3. The molecule has 0 atom stereocenters. The second kappa shape index (κ2) is 8.14. The van der Waals surface area contributed by atoms with E-state index in [4.69, 9.17) is 23.2 Å². The molecule has 1 N–H and O–H groups in total. The summed E-state index contributed by atoms with van der Waals surface area (Å²) in [4.78, 5) is 12.2. The molecule has 2 rings (SSSR count). The highest BCUT2D eigenvalue weighted by atomic mass is 35.5. The third kappa shape index (κ3) is 5.49. The first-order chi connectivity index (χ1) is 12.8. The Kier molecular flexibility index (Phi) is 6.47. The highest BCUT2D eigenvalue weighted by Crippen LogP contribution is 2.34. The highest BCUT2D eigenvalue weighted by molar-refractivity contribution is 7.92. The van der Waals surface area contributed by atoms with E-state index in [1.54, 1.807) is 0 Å². The minimum absolute atomic E-state index is 0.0980. The van der Waals surface area contributed by atoms with Crippen molar-refractivity contribution in [3.63, 3.8) is 0 Å². The fourth-order valence-electron chi connectivity index (χ4n) is 2.16. The van der Waals surface area contributed by atoms with Gasteiger partial charge in [0.1, 0.15) is 12.4 Å². The van der Waals surface area contributed by atoms with Crippen LogP contribution in [0.2, 0.25) is 10.0 Å². The molecule has 0 saturated carbocycles. The zero-order chi connectivity index (χ0) is 21.3. The molecule has 0 aliphatic heterocycles. The van der Waals surface area contributed by atoms with Gasteiger partial charge in [-0.05, 0) is 36.4 Å². The van der Waals surface area contributed by atoms with Crippen molar-refractivity contribution in [3.8, 4) is 0 Å². The lowest BCUT2D eigenvalue weighted by Crippen LogP contribution is -2.37. The molecule has 0 heterocycles. The van der Waals surface area contributed by atoms with Gasteiger partial charge in [0.25, 0.3) is 0 Å². The topological polar surface area (TPSA) is 66.5 Å². The Hall–Kier alpha value is -2.04. The third-order valence-corrected chi connectivity index (χ3v) is 5.21. The van der Waals surface area contributed by atoms with E-state index in [0.717, 1.165) is 36.6 Å². The molecular formula is C16H12Cl2F4N2O3S. The van der Waals surface area contributed by atoms with Crippen molar-refractivity contribution in [2.24, 2.45) is 0 Å². The first-order valence-electron chi connectivity index (χ1n) is 7.38. The van der Waals surface area contributed by atoms with Gasteiger partial charge in [-0.15, -0.1) is 0 Å². The van der Waals surface area contributed by atoms with Gasteiger partial charge in [0.15, 0.2) is 0 Å². The van der Waals surface area contributed by atoms with Gasteiger partial charge in [-0.3, -0.25) is 9.10 Å². The lowest BCUT2D eigenvalue weighted by atomic mass is 10.2. The summed E-state index contributed by atoms with van der Waals surface area (Å²) >= 11 is 11.4. The Morgan fingerprint density at radius 3 is 2.29 bits per heavy atom. The number of nitrogens with zero attached hydrogens (tertiary/aromatic N) is 1. The second-order valence-corrected chi connectivity index (χ2v) is 8.33. The molecule has 0 bridgehead atoms. The quantitative estimate of drug-likeness (QED) is 0.668. The lowest BCUT2D eigenvalue weighted by Gasteiger charge is -2.22. The molecule has 12 heteroatoms. The molecule has 2 aromatic rings. The Bertz CT molecular complexity index is 1010. The molecule has 0 fully saturated rings. The van der Waals surface area contributed by atoms with Crippen molar-refractivity contribution in [1.29, 1.82) is 0 Å². The molecule has 5 nitrogen and oxygen atoms in total. The standard InChI is InChI=1S/C16H12Cl2F4N2O3S/c1-28(26,27)24(10-3-5-13(19)12(18)7-10)8-15(25)23-14-6-9(16(20,21)22)2-4-11(14)17/h2-7H,8H2,1H3,(H,23,25). The zero-order valence-electron chi connectivity index (χ0n) is 14.0. The molecule has 0 spiro atoms. The Morgan fingerprint density at radius 2 is 1.75 bits per heavy atom. The first-order valence-corrected chi connectivity index (χ1v) is 9.99. The van der Waals surface area contributed by atoms with E-state index in [-0.39, 0.29) is 21.4 Å². The number of amides is 1. The molecule has 0 aliphatic carbocycles. The molecule has 0 radical (unpaired) electrons. The van der Waals surface area contributed by atoms with Crippen LogP contribution in [0.25, 0.3) is 0 Å². The van der Waals surface area contributed by atoms with Gasteiger partial charge in [-0.2, -0.15) is 13.2 Å². The number of carbonyl (C=O) groups excluding carboxylic acids is 1. The van der Waals surface area contributed by atoms with Crippen LogP contribution in [0.15, 0.2) is 36.4 Å². The number of alkyl halides is 3. The molecule has 0 aliphatic rings. The van der Waals surface area contributed by atoms with Gasteiger partial charge in [0.2, 0.25) is 15.9 Å². The number of sulfonamides is 1. The number of carbonyl (C=O) groups is 1. The summed E-state index contributed by atoms with van der Waals surface area (Å²) in [7, 11) is -4.00. The average Bonchev–Trinajstić information content (AvgIpc) is 2.55. The summed E-state index contributed by atoms with van der Waals surface area (Å²) in [6.07, 6.45) is -3.86. The van der Waals surface area contributed by atoms with Crippen molar-refractivity contribution in [1.82, 2.24) is 0 Å². The zero-order valence-corrected chi connectivity index (χ0v) is 16.3. The van der Waals surface area contributed by atoms with E-state index >= 15 is 0 Å². The van der Waals surface area contributed by atoms with Crippen LogP contribution in [0, 0.1) is 5.82 Å². The van der Waals surface area contributed by atoms with E-state index in [9.17, 15) is 30.8 Å². The molecule has 1 amide bonds. The summed E-state index contributed by atoms with van der Waals surface area (Å²) in [5.41, 5.74) is -1.48. The van der Waals surface area contributed by atoms with Gasteiger partial charge >= 0.3 is 6.18 Å². The molecule has 28 heavy (non-hydrogen) atoms. The maximum Gasteiger partial charge on any atom is 0.416 e. The highest BCUT2D eigenvalue weighted by Gasteiger charge is 2.31. The van der Waals surface area contributed by atoms with Crippen molar-refractivity contribution in [2.45, 2.75) is 6.18 Å². The van der Waals surface area contributed by atoms with E-state index in [1.165, 1.54) is 0 Å². The molecule has 2 aromatic carbocycles. The smallest absolute Gasteiger partial charge is 0.323 e. The lowest BCUT2D eigenvalue weighted by molar-refractivity contribution is -0.137. The Balaban J connectivity index is 2.29. The van der Waals surface area contributed by atoms with Gasteiger partial charge in [0.05, 0.1) is 33.2 Å². The van der Waals surface area contributed by atoms with Crippen molar-refractivity contribution < 1.29 is 30.8 Å². The van der Waals surface area contributed by atoms with Crippen LogP contribution in [0.5, 0.6) is 0 Å². The normalized spacial score (nSPS) is 12.0. The summed E-state index contributed by atoms with van der Waals surface area (Å²) in [6, 6.07) is 5.32. The second-order valence-electron chi connectivity index (χ2n) is 5.61. The van der Waals surface area contributed by atoms with Gasteiger partial charge in [-0.1, -0.05) is 23.2 Å². The van der Waals surface area contributed by atoms with Crippen molar-refractivity contribution >= 4 is 50.5 Å². The van der Waals surface area contributed by atoms with E-state index < -0.39 is 40.0 Å². The molecule has 152 valence electrons. The van der Waals surface area contributed by atoms with Crippen LogP contribution in [0.1, 0.15) is 5.56 Å². The van der Waals surface area contributed by atoms with Crippen LogP contribution in [-0.4, -0.2) is 27.1 Å². The first kappa shape index (κ1) is 22.3. The number of halogens is 6. The Labute approximate surface area is 167 Å². The molecule has 0 saturated heterocycles. The van der Waals surface area contributed by atoms with Crippen LogP contribution in [0.3, 0.4) is 0 Å². The summed E-state index contributed by atoms with van der Waals surface area (Å²) in [5, 5.41) is 1.60. The third-order valence-electron chi connectivity index (χ3n) is 3.45. The fourth-order valence-corrected chi connectivity index (χ4v) is 3.35. The number of nitrogens with one attached hydrogen (secondary N) is 1.